The molecule has 1 aliphatic rings. The Balaban J connectivity index is 1.94. The Morgan fingerprint density at radius 3 is 3.11 bits per heavy atom. The molecule has 0 aromatic carbocycles. The van der Waals surface area contributed by atoms with Crippen LogP contribution in [0.2, 0.25) is 0 Å². The van der Waals surface area contributed by atoms with Crippen molar-refractivity contribution >= 4 is 5.57 Å². The summed E-state index contributed by atoms with van der Waals surface area (Å²) in [7, 11) is 0. The summed E-state index contributed by atoms with van der Waals surface area (Å²) in [6, 6.07) is 3.29. The summed E-state index contributed by atoms with van der Waals surface area (Å²) in [5, 5.41) is 11.3. The molecule has 18 heavy (non-hydrogen) atoms. The number of rotatable bonds is 2. The smallest absolute Gasteiger partial charge is 0.238 e. The second-order valence-electron chi connectivity index (χ2n) is 4.05. The maximum Gasteiger partial charge on any atom is 0.238 e. The largest absolute Gasteiger partial charge is 0.313 e. The third kappa shape index (κ3) is 2.02. The van der Waals surface area contributed by atoms with E-state index in [9.17, 15) is 4.39 Å². The number of hydrogen-bond donors (Lipinski definition) is 1. The minimum Gasteiger partial charge on any atom is -0.313 e. The van der Waals surface area contributed by atoms with Crippen LogP contribution in [0.4, 0.5) is 4.39 Å². The lowest BCUT2D eigenvalue weighted by molar-refractivity contribution is 0.566. The van der Waals surface area contributed by atoms with Gasteiger partial charge in [-0.05, 0) is 30.7 Å². The van der Waals surface area contributed by atoms with Crippen molar-refractivity contribution < 1.29 is 4.39 Å². The van der Waals surface area contributed by atoms with Crippen molar-refractivity contribution in [2.75, 3.05) is 13.1 Å². The predicted molar refractivity (Wildman–Crippen MR) is 64.6 cm³/mol. The van der Waals surface area contributed by atoms with Gasteiger partial charge in [0.25, 0.3) is 0 Å². The van der Waals surface area contributed by atoms with Crippen LogP contribution in [0.15, 0.2) is 30.6 Å². The van der Waals surface area contributed by atoms with Crippen LogP contribution in [0.25, 0.3) is 11.3 Å². The molecule has 0 radical (unpaired) electrons. The summed E-state index contributed by atoms with van der Waals surface area (Å²) in [5.74, 6) is -0.548. The highest BCUT2D eigenvalue weighted by Crippen LogP contribution is 2.18. The summed E-state index contributed by atoms with van der Waals surface area (Å²) < 4.78 is 14.9. The van der Waals surface area contributed by atoms with Gasteiger partial charge in [0.15, 0.2) is 0 Å². The highest BCUT2D eigenvalue weighted by atomic mass is 19.1. The van der Waals surface area contributed by atoms with Crippen LogP contribution >= 0.6 is 0 Å². The number of hydrogen-bond acceptors (Lipinski definition) is 4. The molecular formula is C12H12FN5. The first-order chi connectivity index (χ1) is 8.84. The van der Waals surface area contributed by atoms with Crippen LogP contribution < -0.4 is 5.32 Å². The maximum absolute atomic E-state index is 13.5. The predicted octanol–water partition coefficient (Wildman–Crippen LogP) is 1.18. The van der Waals surface area contributed by atoms with Gasteiger partial charge in [0.2, 0.25) is 5.95 Å². The lowest BCUT2D eigenvalue weighted by Crippen LogP contribution is -2.20. The monoisotopic (exact) mass is 245 g/mol. The summed E-state index contributed by atoms with van der Waals surface area (Å²) >= 11 is 0. The van der Waals surface area contributed by atoms with Crippen molar-refractivity contribution in [3.05, 3.63) is 42.2 Å². The molecule has 0 spiro atoms. The number of nitrogens with zero attached hydrogens (tertiary/aromatic N) is 4. The highest BCUT2D eigenvalue weighted by Gasteiger charge is 2.12. The first kappa shape index (κ1) is 11.0. The van der Waals surface area contributed by atoms with Crippen molar-refractivity contribution in [3.8, 4) is 5.69 Å². The SMILES string of the molecule is Fc1ncccc1-n1cc(C2=CCNCC2)nn1. The van der Waals surface area contributed by atoms with Gasteiger partial charge in [-0.2, -0.15) is 4.39 Å². The molecule has 0 aliphatic carbocycles. The van der Waals surface area contributed by atoms with Crippen LogP contribution in [-0.2, 0) is 0 Å². The van der Waals surface area contributed by atoms with Crippen LogP contribution in [-0.4, -0.2) is 33.1 Å². The van der Waals surface area contributed by atoms with E-state index in [0.717, 1.165) is 30.8 Å². The van der Waals surface area contributed by atoms with Crippen molar-refractivity contribution in [2.45, 2.75) is 6.42 Å². The molecule has 1 aliphatic heterocycles. The summed E-state index contributed by atoms with van der Waals surface area (Å²) in [5.41, 5.74) is 2.25. The molecule has 3 rings (SSSR count). The van der Waals surface area contributed by atoms with E-state index in [2.05, 4.69) is 26.7 Å². The topological polar surface area (TPSA) is 55.6 Å². The molecule has 0 saturated heterocycles. The molecule has 0 bridgehead atoms. The summed E-state index contributed by atoms with van der Waals surface area (Å²) in [4.78, 5) is 3.60. The van der Waals surface area contributed by atoms with E-state index in [1.807, 2.05) is 0 Å². The van der Waals surface area contributed by atoms with E-state index in [0.29, 0.717) is 5.69 Å². The Kier molecular flexibility index (Phi) is 2.85. The lowest BCUT2D eigenvalue weighted by atomic mass is 10.1. The molecule has 1 N–H and O–H groups in total. The first-order valence-electron chi connectivity index (χ1n) is 5.78. The van der Waals surface area contributed by atoms with Crippen molar-refractivity contribution in [2.24, 2.45) is 0 Å². The van der Waals surface area contributed by atoms with E-state index in [1.54, 1.807) is 18.3 Å². The molecule has 92 valence electrons. The molecule has 0 unspecified atom stereocenters. The molecule has 2 aromatic rings. The Morgan fingerprint density at radius 1 is 1.39 bits per heavy atom. The Labute approximate surface area is 103 Å². The fourth-order valence-corrected chi connectivity index (χ4v) is 1.93. The van der Waals surface area contributed by atoms with Gasteiger partial charge in [-0.3, -0.25) is 0 Å². The number of pyridine rings is 1. The molecule has 5 nitrogen and oxygen atoms in total. The number of halogens is 1. The third-order valence-corrected chi connectivity index (χ3v) is 2.87. The van der Waals surface area contributed by atoms with Gasteiger partial charge in [-0.25, -0.2) is 9.67 Å². The lowest BCUT2D eigenvalue weighted by Gasteiger charge is -2.10. The quantitative estimate of drug-likeness (QED) is 0.807. The average molecular weight is 245 g/mol. The average Bonchev–Trinajstić information content (AvgIpc) is 2.90. The highest BCUT2D eigenvalue weighted by molar-refractivity contribution is 5.63. The zero-order valence-electron chi connectivity index (χ0n) is 9.67. The molecule has 3 heterocycles. The zero-order valence-corrected chi connectivity index (χ0v) is 9.67. The van der Waals surface area contributed by atoms with Crippen LogP contribution in [0.5, 0.6) is 0 Å². The number of aromatic nitrogens is 4. The van der Waals surface area contributed by atoms with E-state index >= 15 is 0 Å². The summed E-state index contributed by atoms with van der Waals surface area (Å²) in [6.07, 6.45) is 6.13. The fraction of sp³-hybridized carbons (Fsp3) is 0.250. The molecule has 0 saturated carbocycles. The normalized spacial score (nSPS) is 15.5. The van der Waals surface area contributed by atoms with Crippen LogP contribution in [0, 0.1) is 5.95 Å². The van der Waals surface area contributed by atoms with Crippen molar-refractivity contribution in [3.63, 3.8) is 0 Å². The Morgan fingerprint density at radius 2 is 2.33 bits per heavy atom. The molecule has 6 heteroatoms. The van der Waals surface area contributed by atoms with Crippen LogP contribution in [0.3, 0.4) is 0 Å². The third-order valence-electron chi connectivity index (χ3n) is 2.87. The van der Waals surface area contributed by atoms with Gasteiger partial charge in [0, 0.05) is 12.7 Å². The van der Waals surface area contributed by atoms with Gasteiger partial charge in [0.1, 0.15) is 11.4 Å². The van der Waals surface area contributed by atoms with Crippen molar-refractivity contribution in [1.82, 2.24) is 25.3 Å². The molecule has 0 amide bonds. The van der Waals surface area contributed by atoms with E-state index in [1.165, 1.54) is 10.9 Å². The van der Waals surface area contributed by atoms with E-state index in [-0.39, 0.29) is 0 Å². The summed E-state index contributed by atoms with van der Waals surface area (Å²) in [6.45, 7) is 1.77. The van der Waals surface area contributed by atoms with Gasteiger partial charge in [0.05, 0.1) is 6.20 Å². The standard InChI is InChI=1S/C12H12FN5/c13-12-11(2-1-5-15-12)18-8-10(16-17-18)9-3-6-14-7-4-9/h1-3,5,8,14H,4,6-7H2. The zero-order chi connectivity index (χ0) is 12.4. The minimum atomic E-state index is -0.548. The van der Waals surface area contributed by atoms with E-state index in [4.69, 9.17) is 0 Å². The van der Waals surface area contributed by atoms with Gasteiger partial charge in [-0.1, -0.05) is 11.3 Å². The Bertz CT molecular complexity index is 590. The van der Waals surface area contributed by atoms with Gasteiger partial charge < -0.3 is 5.32 Å². The van der Waals surface area contributed by atoms with Crippen LogP contribution in [0.1, 0.15) is 12.1 Å². The van der Waals surface area contributed by atoms with E-state index < -0.39 is 5.95 Å². The second kappa shape index (κ2) is 4.66. The molecule has 2 aromatic heterocycles. The second-order valence-corrected chi connectivity index (χ2v) is 4.05. The van der Waals surface area contributed by atoms with Gasteiger partial charge >= 0.3 is 0 Å². The first-order valence-corrected chi connectivity index (χ1v) is 5.78. The fourth-order valence-electron chi connectivity index (χ4n) is 1.93. The molecule has 0 fully saturated rings. The van der Waals surface area contributed by atoms with Crippen molar-refractivity contribution in [1.29, 1.82) is 0 Å². The van der Waals surface area contributed by atoms with Gasteiger partial charge in [-0.15, -0.1) is 5.10 Å². The molecular weight excluding hydrogens is 233 g/mol. The Hall–Kier alpha value is -2.08. The molecule has 0 atom stereocenters. The maximum atomic E-state index is 13.5. The minimum absolute atomic E-state index is 0.311. The number of nitrogens with one attached hydrogen (secondary N) is 1.